The normalized spacial score (nSPS) is 26.4. The van der Waals surface area contributed by atoms with Gasteiger partial charge in [-0.25, -0.2) is 4.79 Å². The van der Waals surface area contributed by atoms with Crippen molar-refractivity contribution in [1.29, 1.82) is 0 Å². The van der Waals surface area contributed by atoms with Gasteiger partial charge in [0.15, 0.2) is 6.61 Å². The molecule has 3 aliphatic rings. The van der Waals surface area contributed by atoms with Crippen molar-refractivity contribution >= 4 is 29.3 Å². The van der Waals surface area contributed by atoms with Gasteiger partial charge in [-0.3, -0.25) is 14.4 Å². The number of nitrogens with one attached hydrogen (secondary N) is 1. The maximum Gasteiger partial charge on any atom is 0.329 e. The maximum absolute atomic E-state index is 14.6. The summed E-state index contributed by atoms with van der Waals surface area (Å²) in [5.41, 5.74) is 1.84. The van der Waals surface area contributed by atoms with E-state index in [0.717, 1.165) is 18.4 Å². The van der Waals surface area contributed by atoms with E-state index < -0.39 is 83.9 Å². The Hall–Kier alpha value is -3.63. The molecule has 2 aliphatic heterocycles. The van der Waals surface area contributed by atoms with Crippen molar-refractivity contribution in [2.75, 3.05) is 67.5 Å². The van der Waals surface area contributed by atoms with Crippen molar-refractivity contribution in [2.45, 2.75) is 220 Å². The summed E-state index contributed by atoms with van der Waals surface area (Å²) in [5.74, 6) is -6.75. The van der Waals surface area contributed by atoms with Crippen LogP contribution in [-0.2, 0) is 57.2 Å². The number of allylic oxidation sites excluding steroid dienone is 3. The molecule has 3 rings (SSSR count). The molecule has 0 bridgehead atoms. The van der Waals surface area contributed by atoms with Gasteiger partial charge in [-0.1, -0.05) is 91.8 Å². The molecule has 0 aromatic carbocycles. The summed E-state index contributed by atoms with van der Waals surface area (Å²) < 4.78 is 40.8. The monoisotopic (exact) mass is 1150 g/mol. The molecule has 0 radical (unpaired) electrons. The van der Waals surface area contributed by atoms with Crippen molar-refractivity contribution < 1.29 is 77.6 Å². The summed E-state index contributed by atoms with van der Waals surface area (Å²) in [4.78, 5) is 62.8. The Labute approximate surface area is 485 Å². The minimum Gasteiger partial charge on any atom is -0.460 e. The topological polar surface area (TPSA) is 251 Å². The molecule has 2 heterocycles. The van der Waals surface area contributed by atoms with Crippen LogP contribution >= 0.6 is 0 Å². The summed E-state index contributed by atoms with van der Waals surface area (Å²) in [5, 5.41) is 53.7. The first-order valence-electron chi connectivity index (χ1n) is 30.2. The minimum atomic E-state index is -2.43. The van der Waals surface area contributed by atoms with Crippen LogP contribution in [0.15, 0.2) is 40.6 Å². The minimum absolute atomic E-state index is 0.00449. The lowest BCUT2D eigenvalue weighted by molar-refractivity contribution is -0.265. The van der Waals surface area contributed by atoms with E-state index >= 15 is 0 Å². The zero-order valence-corrected chi connectivity index (χ0v) is 51.8. The van der Waals surface area contributed by atoms with Crippen molar-refractivity contribution in [1.82, 2.24) is 10.2 Å². The first-order valence-corrected chi connectivity index (χ1v) is 30.2. The van der Waals surface area contributed by atoms with E-state index in [0.29, 0.717) is 101 Å². The highest BCUT2D eigenvalue weighted by Gasteiger charge is 2.53. The number of likely N-dealkylation sites (tertiary alicyclic amines) is 1. The van der Waals surface area contributed by atoms with E-state index in [9.17, 15) is 39.6 Å². The number of aliphatic hydroxyl groups excluding tert-OH is 3. The number of hydrogen-bond acceptors (Lipinski definition) is 17. The predicted molar refractivity (Wildman–Crippen MR) is 311 cm³/mol. The number of Topliss-reactive ketones (excluding diaryl/α,β-unsaturated/α-hetero) is 1. The number of nitrogens with zero attached hydrogens (tertiary/aromatic N) is 2. The number of rotatable bonds is 36. The molecule has 2 amide bonds. The second-order valence-electron chi connectivity index (χ2n) is 24.0. The average molecular weight is 1150 g/mol. The lowest BCUT2D eigenvalue weighted by atomic mass is 9.78. The molecule has 0 aromatic heterocycles. The molecule has 1 saturated carbocycles. The fourth-order valence-corrected chi connectivity index (χ4v) is 11.3. The first-order chi connectivity index (χ1) is 38.4. The zero-order chi connectivity index (χ0) is 60.4. The SMILES string of the molecule is CCCOCCOCCNC(=O)CO/N=C(\[C@H](C)CC(C)C)[C@H](OC)[C@H](O)/C(C)=C/[C@@H](C)[C@H](O)C[C@H](OC(=O)[C@@H]1CCCCN1C(=O)C(=O)[C@]1(O)O[C@H](C[C@H](OC)/C(C)=C/C=C/C(C)C)CC[C@H]1C)[C@H](C)C[C@@H]1CC[C@@H](O)[C@H](OC)C1. The number of esters is 1. The number of ketones is 1. The van der Waals surface area contributed by atoms with Crippen LogP contribution in [-0.4, -0.2) is 183 Å². The molecule has 0 unspecified atom stereocenters. The number of methoxy groups -OCH3 is 3. The van der Waals surface area contributed by atoms with Crippen LogP contribution in [0.2, 0.25) is 0 Å². The number of aliphatic hydroxyl groups is 4. The molecule has 19 heteroatoms. The van der Waals surface area contributed by atoms with Gasteiger partial charge in [-0.2, -0.15) is 0 Å². The zero-order valence-electron chi connectivity index (χ0n) is 51.8. The molecule has 0 aromatic rings. The molecule has 81 heavy (non-hydrogen) atoms. The lowest BCUT2D eigenvalue weighted by Gasteiger charge is -2.43. The Balaban J connectivity index is 1.84. The van der Waals surface area contributed by atoms with Crippen molar-refractivity contribution in [2.24, 2.45) is 46.6 Å². The summed E-state index contributed by atoms with van der Waals surface area (Å²) in [6.45, 7) is 23.3. The van der Waals surface area contributed by atoms with Gasteiger partial charge in [0.05, 0.1) is 56.1 Å². The van der Waals surface area contributed by atoms with Gasteiger partial charge < -0.3 is 68.6 Å². The third-order valence-corrected chi connectivity index (χ3v) is 16.3. The highest BCUT2D eigenvalue weighted by molar-refractivity contribution is 6.39. The smallest absolute Gasteiger partial charge is 0.329 e. The number of carbonyl (C=O) groups excluding carboxylic acids is 4. The van der Waals surface area contributed by atoms with E-state index in [-0.39, 0.29) is 68.4 Å². The highest BCUT2D eigenvalue weighted by Crippen LogP contribution is 2.38. The fraction of sp³-hybridized carbons (Fsp3) is 0.823. The van der Waals surface area contributed by atoms with E-state index in [2.05, 4.69) is 44.2 Å². The molecule has 5 N–H and O–H groups in total. The van der Waals surface area contributed by atoms with E-state index in [1.165, 1.54) is 12.0 Å². The predicted octanol–water partition coefficient (Wildman–Crippen LogP) is 7.44. The van der Waals surface area contributed by atoms with E-state index in [1.807, 2.05) is 39.8 Å². The Morgan fingerprint density at radius 3 is 2.21 bits per heavy atom. The van der Waals surface area contributed by atoms with Crippen LogP contribution < -0.4 is 5.32 Å². The first kappa shape index (κ1) is 71.6. The third-order valence-electron chi connectivity index (χ3n) is 16.3. The number of hydrogen-bond donors (Lipinski definition) is 5. The summed E-state index contributed by atoms with van der Waals surface area (Å²) >= 11 is 0. The fourth-order valence-electron chi connectivity index (χ4n) is 11.3. The molecule has 2 saturated heterocycles. The Bertz CT molecular complexity index is 2010. The summed E-state index contributed by atoms with van der Waals surface area (Å²) in [7, 11) is 4.64. The van der Waals surface area contributed by atoms with Gasteiger partial charge in [0.2, 0.25) is 5.79 Å². The molecule has 466 valence electrons. The van der Waals surface area contributed by atoms with Crippen LogP contribution in [0, 0.1) is 41.4 Å². The van der Waals surface area contributed by atoms with Crippen LogP contribution in [0.1, 0.15) is 160 Å². The van der Waals surface area contributed by atoms with Crippen LogP contribution in [0.25, 0.3) is 0 Å². The van der Waals surface area contributed by atoms with E-state index in [4.69, 9.17) is 38.0 Å². The number of ether oxygens (including phenoxy) is 7. The van der Waals surface area contributed by atoms with Gasteiger partial charge in [-0.05, 0) is 119 Å². The van der Waals surface area contributed by atoms with Gasteiger partial charge >= 0.3 is 5.97 Å². The van der Waals surface area contributed by atoms with Gasteiger partial charge in [0.1, 0.15) is 24.4 Å². The van der Waals surface area contributed by atoms with Crippen LogP contribution in [0.4, 0.5) is 0 Å². The molecule has 3 fully saturated rings. The molecule has 15 atom stereocenters. The average Bonchev–Trinajstić information content (AvgIpc) is 3.44. The number of oxime groups is 1. The second-order valence-corrected chi connectivity index (χ2v) is 24.0. The maximum atomic E-state index is 14.6. The molecular weight excluding hydrogens is 1040 g/mol. The Morgan fingerprint density at radius 1 is 0.864 bits per heavy atom. The number of carbonyl (C=O) groups is 4. The Kier molecular flexibility index (Phi) is 32.7. The molecule has 19 nitrogen and oxygen atoms in total. The molecule has 0 spiro atoms. The standard InChI is InChI=1S/C62H107N3O16/c1-15-28-77-30-31-78-29-26-63-55(68)38-79-64-56(44(9)32-40(4)5)58(76-14)57(69)45(10)33-42(7)51(67)37-53(43(8)34-47-23-25-50(66)54(35-47)75-13)80-61(72)49-21-16-17-27-65(49)60(71)59(70)62(73)46(11)22-24-48(81-62)36-52(74-12)41(6)20-18-19-39(2)3/h18-20,33,39-40,42-44,46-54,57-58,66-67,69,73H,15-17,21-32,34-38H2,1-14H3,(H,63,68)/b19-18+,41-20+,45-33+,64-56+/t42-,43-,44-,46-,47+,48+,49+,50-,51-,52+,53+,54-,57-,58+,62-/m1/s1. The lowest BCUT2D eigenvalue weighted by Crippen LogP contribution is -2.61. The molecular formula is C62H107N3O16. The number of piperidine rings is 1. The highest BCUT2D eigenvalue weighted by atomic mass is 16.6. The Morgan fingerprint density at radius 2 is 1.57 bits per heavy atom. The van der Waals surface area contributed by atoms with Crippen molar-refractivity contribution in [3.63, 3.8) is 0 Å². The quantitative estimate of drug-likeness (QED) is 0.00778. The van der Waals surface area contributed by atoms with Crippen molar-refractivity contribution in [3.05, 3.63) is 35.5 Å². The number of amides is 2. The third kappa shape index (κ3) is 23.4. The van der Waals surface area contributed by atoms with Crippen molar-refractivity contribution in [3.8, 4) is 0 Å². The van der Waals surface area contributed by atoms with Crippen LogP contribution in [0.5, 0.6) is 0 Å². The van der Waals surface area contributed by atoms with Gasteiger partial charge in [0, 0.05) is 71.6 Å². The summed E-state index contributed by atoms with van der Waals surface area (Å²) in [6, 6.07) is -1.14. The van der Waals surface area contributed by atoms with Gasteiger partial charge in [0.25, 0.3) is 17.6 Å². The van der Waals surface area contributed by atoms with Gasteiger partial charge in [-0.15, -0.1) is 0 Å². The summed E-state index contributed by atoms with van der Waals surface area (Å²) in [6.07, 6.45) is 8.46. The van der Waals surface area contributed by atoms with E-state index in [1.54, 1.807) is 41.1 Å². The van der Waals surface area contributed by atoms with Crippen LogP contribution in [0.3, 0.4) is 0 Å². The second kappa shape index (κ2) is 36.9. The molecule has 1 aliphatic carbocycles. The largest absolute Gasteiger partial charge is 0.460 e.